The van der Waals surface area contributed by atoms with Crippen molar-refractivity contribution in [1.82, 2.24) is 9.88 Å². The Morgan fingerprint density at radius 1 is 1.47 bits per heavy atom. The van der Waals surface area contributed by atoms with Crippen LogP contribution >= 0.6 is 0 Å². The highest BCUT2D eigenvalue weighted by Crippen LogP contribution is 2.33. The Labute approximate surface area is 103 Å². The fourth-order valence-electron chi connectivity index (χ4n) is 3.10. The maximum Gasteiger partial charge on any atom is 0.0735 e. The monoisotopic (exact) mass is 232 g/mol. The van der Waals surface area contributed by atoms with Crippen molar-refractivity contribution in [3.63, 3.8) is 0 Å². The number of ether oxygens (including phenoxy) is 1. The summed E-state index contributed by atoms with van der Waals surface area (Å²) < 4.78 is 5.97. The number of hydrogen-bond acceptors (Lipinski definition) is 3. The lowest BCUT2D eigenvalue weighted by molar-refractivity contribution is -0.00305. The zero-order valence-corrected chi connectivity index (χ0v) is 10.4. The second-order valence-electron chi connectivity index (χ2n) is 5.33. The molecule has 1 aromatic heterocycles. The number of nitrogens with zero attached hydrogens (tertiary/aromatic N) is 2. The fraction of sp³-hybridized carbons (Fsp3) is 0.643. The second-order valence-corrected chi connectivity index (χ2v) is 5.33. The minimum atomic E-state index is 0.458. The van der Waals surface area contributed by atoms with Crippen molar-refractivity contribution in [1.29, 1.82) is 0 Å². The van der Waals surface area contributed by atoms with Gasteiger partial charge in [0.2, 0.25) is 0 Å². The molecule has 0 N–H and O–H groups in total. The molecule has 2 aliphatic heterocycles. The van der Waals surface area contributed by atoms with E-state index in [1.165, 1.54) is 19.4 Å². The van der Waals surface area contributed by atoms with Crippen LogP contribution in [0.3, 0.4) is 0 Å². The first-order valence-electron chi connectivity index (χ1n) is 6.59. The van der Waals surface area contributed by atoms with Gasteiger partial charge in [-0.3, -0.25) is 9.88 Å². The zero-order chi connectivity index (χ0) is 11.7. The molecule has 3 heterocycles. The summed E-state index contributed by atoms with van der Waals surface area (Å²) in [4.78, 5) is 6.86. The number of likely N-dealkylation sites (tertiary alicyclic amines) is 1. The molecule has 0 spiro atoms. The molecule has 0 saturated carbocycles. The van der Waals surface area contributed by atoms with Crippen LogP contribution in [0.1, 0.15) is 25.5 Å². The van der Waals surface area contributed by atoms with Crippen LogP contribution in [0.4, 0.5) is 0 Å². The van der Waals surface area contributed by atoms with Gasteiger partial charge < -0.3 is 4.74 Å². The number of piperidine rings is 1. The van der Waals surface area contributed by atoms with Crippen LogP contribution in [0.15, 0.2) is 24.4 Å². The third kappa shape index (κ3) is 2.50. The molecule has 0 unspecified atom stereocenters. The van der Waals surface area contributed by atoms with E-state index in [0.717, 1.165) is 24.7 Å². The van der Waals surface area contributed by atoms with Gasteiger partial charge in [0, 0.05) is 19.3 Å². The van der Waals surface area contributed by atoms with Crippen molar-refractivity contribution in [2.45, 2.75) is 38.5 Å². The van der Waals surface area contributed by atoms with Gasteiger partial charge in [0.05, 0.1) is 17.9 Å². The molecular weight excluding hydrogens is 212 g/mol. The predicted octanol–water partition coefficient (Wildman–Crippen LogP) is 2.08. The van der Waals surface area contributed by atoms with E-state index in [1.54, 1.807) is 0 Å². The second kappa shape index (κ2) is 4.75. The SMILES string of the molecule is C[C@@H]1C[C@H]2CCN(Cc3ccccn3)C[C@@H]2O1. The first-order chi connectivity index (χ1) is 8.31. The molecular formula is C14H20N2O. The maximum atomic E-state index is 5.97. The average molecular weight is 232 g/mol. The number of hydrogen-bond donors (Lipinski definition) is 0. The van der Waals surface area contributed by atoms with Crippen LogP contribution in [0.25, 0.3) is 0 Å². The molecule has 3 rings (SSSR count). The molecule has 3 nitrogen and oxygen atoms in total. The first kappa shape index (κ1) is 11.2. The number of pyridine rings is 1. The van der Waals surface area contributed by atoms with Gasteiger partial charge in [-0.15, -0.1) is 0 Å². The van der Waals surface area contributed by atoms with Crippen LogP contribution < -0.4 is 0 Å². The summed E-state index contributed by atoms with van der Waals surface area (Å²) in [6.07, 6.45) is 5.32. The van der Waals surface area contributed by atoms with Crippen molar-refractivity contribution in [3.8, 4) is 0 Å². The minimum Gasteiger partial charge on any atom is -0.374 e. The molecule has 3 heteroatoms. The Morgan fingerprint density at radius 2 is 2.41 bits per heavy atom. The van der Waals surface area contributed by atoms with Crippen molar-refractivity contribution >= 4 is 0 Å². The molecule has 2 saturated heterocycles. The molecule has 0 aliphatic carbocycles. The van der Waals surface area contributed by atoms with E-state index < -0.39 is 0 Å². The molecule has 0 bridgehead atoms. The van der Waals surface area contributed by atoms with Crippen LogP contribution in [0, 0.1) is 5.92 Å². The lowest BCUT2D eigenvalue weighted by Crippen LogP contribution is -2.41. The minimum absolute atomic E-state index is 0.458. The van der Waals surface area contributed by atoms with E-state index in [2.05, 4.69) is 28.9 Å². The van der Waals surface area contributed by atoms with E-state index in [4.69, 9.17) is 4.74 Å². The van der Waals surface area contributed by atoms with Gasteiger partial charge in [0.15, 0.2) is 0 Å². The summed E-state index contributed by atoms with van der Waals surface area (Å²) in [5.74, 6) is 0.796. The van der Waals surface area contributed by atoms with Gasteiger partial charge in [-0.05, 0) is 44.4 Å². The highest BCUT2D eigenvalue weighted by Gasteiger charge is 2.37. The molecule has 92 valence electrons. The van der Waals surface area contributed by atoms with E-state index in [-0.39, 0.29) is 0 Å². The Bertz CT molecular complexity index is 368. The van der Waals surface area contributed by atoms with Gasteiger partial charge in [0.25, 0.3) is 0 Å². The molecule has 2 aliphatic rings. The van der Waals surface area contributed by atoms with Crippen LogP contribution in [-0.2, 0) is 11.3 Å². The number of aromatic nitrogens is 1. The smallest absolute Gasteiger partial charge is 0.0735 e. The van der Waals surface area contributed by atoms with Crippen LogP contribution in [-0.4, -0.2) is 35.2 Å². The van der Waals surface area contributed by atoms with Crippen molar-refractivity contribution in [2.75, 3.05) is 13.1 Å². The van der Waals surface area contributed by atoms with Crippen molar-refractivity contribution in [3.05, 3.63) is 30.1 Å². The summed E-state index contributed by atoms with van der Waals surface area (Å²) in [5.41, 5.74) is 1.16. The first-order valence-corrected chi connectivity index (χ1v) is 6.59. The van der Waals surface area contributed by atoms with E-state index in [1.807, 2.05) is 12.3 Å². The van der Waals surface area contributed by atoms with Crippen LogP contribution in [0.5, 0.6) is 0 Å². The zero-order valence-electron chi connectivity index (χ0n) is 10.4. The normalized spacial score (nSPS) is 33.6. The van der Waals surface area contributed by atoms with Gasteiger partial charge in [-0.2, -0.15) is 0 Å². The highest BCUT2D eigenvalue weighted by molar-refractivity contribution is 5.03. The lowest BCUT2D eigenvalue weighted by atomic mass is 9.92. The van der Waals surface area contributed by atoms with Gasteiger partial charge >= 0.3 is 0 Å². The lowest BCUT2D eigenvalue weighted by Gasteiger charge is -2.33. The fourth-order valence-corrected chi connectivity index (χ4v) is 3.10. The summed E-state index contributed by atoms with van der Waals surface area (Å²) >= 11 is 0. The van der Waals surface area contributed by atoms with Crippen molar-refractivity contribution < 1.29 is 4.74 Å². The topological polar surface area (TPSA) is 25.4 Å². The third-order valence-electron chi connectivity index (χ3n) is 3.93. The average Bonchev–Trinajstić information content (AvgIpc) is 2.70. The molecule has 0 radical (unpaired) electrons. The third-order valence-corrected chi connectivity index (χ3v) is 3.93. The quantitative estimate of drug-likeness (QED) is 0.780. The van der Waals surface area contributed by atoms with E-state index >= 15 is 0 Å². The van der Waals surface area contributed by atoms with Gasteiger partial charge in [-0.25, -0.2) is 0 Å². The Hall–Kier alpha value is -0.930. The van der Waals surface area contributed by atoms with Gasteiger partial charge in [-0.1, -0.05) is 6.07 Å². The largest absolute Gasteiger partial charge is 0.374 e. The summed E-state index contributed by atoms with van der Waals surface area (Å²) in [7, 11) is 0. The van der Waals surface area contributed by atoms with E-state index in [0.29, 0.717) is 12.2 Å². The molecule has 3 atom stereocenters. The van der Waals surface area contributed by atoms with Gasteiger partial charge in [0.1, 0.15) is 0 Å². The predicted molar refractivity (Wildman–Crippen MR) is 66.6 cm³/mol. The summed E-state index contributed by atoms with van der Waals surface area (Å²) in [5, 5.41) is 0. The Kier molecular flexibility index (Phi) is 3.12. The molecule has 2 fully saturated rings. The summed E-state index contributed by atoms with van der Waals surface area (Å²) in [6.45, 7) is 5.42. The van der Waals surface area contributed by atoms with E-state index in [9.17, 15) is 0 Å². The molecule has 0 aromatic carbocycles. The molecule has 0 amide bonds. The Balaban J connectivity index is 1.60. The Morgan fingerprint density at radius 3 is 3.24 bits per heavy atom. The van der Waals surface area contributed by atoms with Crippen LogP contribution in [0.2, 0.25) is 0 Å². The highest BCUT2D eigenvalue weighted by atomic mass is 16.5. The van der Waals surface area contributed by atoms with Crippen molar-refractivity contribution in [2.24, 2.45) is 5.92 Å². The molecule has 17 heavy (non-hydrogen) atoms. The number of rotatable bonds is 2. The maximum absolute atomic E-state index is 5.97. The summed E-state index contributed by atoms with van der Waals surface area (Å²) in [6, 6.07) is 6.13. The molecule has 1 aromatic rings. The number of fused-ring (bicyclic) bond motifs is 1. The standard InChI is InChI=1S/C14H20N2O/c1-11-8-12-5-7-16(10-14(12)17-11)9-13-4-2-3-6-15-13/h2-4,6,11-12,14H,5,7-10H2,1H3/t11-,12-,14+/m1/s1.